The lowest BCUT2D eigenvalue weighted by Crippen LogP contribution is -2.10. The molecule has 0 bridgehead atoms. The number of benzene rings is 1. The van der Waals surface area contributed by atoms with Crippen molar-refractivity contribution in [1.82, 2.24) is 9.55 Å². The minimum Gasteiger partial charge on any atom is -0.321 e. The van der Waals surface area contributed by atoms with Crippen LogP contribution in [-0.4, -0.2) is 20.4 Å². The number of carbonyl (C=O) groups excluding carboxylic acids is 1. The predicted molar refractivity (Wildman–Crippen MR) is 82.5 cm³/mol. The lowest BCUT2D eigenvalue weighted by atomic mass is 10.2. The topological polar surface area (TPSA) is 90.1 Å². The van der Waals surface area contributed by atoms with Crippen LogP contribution in [0.4, 0.5) is 10.7 Å². The van der Waals surface area contributed by atoms with Crippen LogP contribution < -0.4 is 5.32 Å². The van der Waals surface area contributed by atoms with Crippen LogP contribution in [0.15, 0.2) is 55.1 Å². The van der Waals surface area contributed by atoms with Gasteiger partial charge >= 0.3 is 5.00 Å². The van der Waals surface area contributed by atoms with Gasteiger partial charge in [-0.2, -0.15) is 0 Å². The molecule has 0 spiro atoms. The van der Waals surface area contributed by atoms with Gasteiger partial charge in [-0.1, -0.05) is 11.3 Å². The smallest absolute Gasteiger partial charge is 0.321 e. The molecule has 0 aliphatic carbocycles. The number of nitrogens with one attached hydrogen (secondary N) is 1. The highest BCUT2D eigenvalue weighted by atomic mass is 32.1. The van der Waals surface area contributed by atoms with E-state index in [9.17, 15) is 14.9 Å². The predicted octanol–water partition coefficient (Wildman–Crippen LogP) is 3.09. The van der Waals surface area contributed by atoms with E-state index in [2.05, 4.69) is 10.3 Å². The van der Waals surface area contributed by atoms with Gasteiger partial charge in [-0.05, 0) is 30.3 Å². The maximum Gasteiger partial charge on any atom is 0.324 e. The third-order valence-electron chi connectivity index (χ3n) is 2.92. The van der Waals surface area contributed by atoms with Crippen LogP contribution in [-0.2, 0) is 0 Å². The standard InChI is InChI=1S/C14H10N4O3S/c19-14(12-5-6-13(22-12)18(20)21)16-10-1-3-11(4-2-10)17-8-7-15-9-17/h1-9H,(H,16,19). The van der Waals surface area contributed by atoms with Gasteiger partial charge in [-0.15, -0.1) is 0 Å². The van der Waals surface area contributed by atoms with Crippen LogP contribution in [0.3, 0.4) is 0 Å². The SMILES string of the molecule is O=C(Nc1ccc(-n2ccnc2)cc1)c1ccc([N+](=O)[O-])s1. The van der Waals surface area contributed by atoms with Gasteiger partial charge < -0.3 is 9.88 Å². The summed E-state index contributed by atoms with van der Waals surface area (Å²) < 4.78 is 1.84. The van der Waals surface area contributed by atoms with Crippen molar-refractivity contribution in [2.45, 2.75) is 0 Å². The Morgan fingerprint density at radius 3 is 2.59 bits per heavy atom. The number of rotatable bonds is 4. The number of nitro groups is 1. The summed E-state index contributed by atoms with van der Waals surface area (Å²) in [4.78, 5) is 26.4. The van der Waals surface area contributed by atoms with Gasteiger partial charge in [0.25, 0.3) is 5.91 Å². The van der Waals surface area contributed by atoms with Gasteiger partial charge in [0, 0.05) is 29.8 Å². The van der Waals surface area contributed by atoms with Crippen LogP contribution in [0.5, 0.6) is 0 Å². The summed E-state index contributed by atoms with van der Waals surface area (Å²) in [5.41, 5.74) is 1.53. The number of thiophene rings is 1. The van der Waals surface area contributed by atoms with Crippen molar-refractivity contribution in [3.05, 3.63) is 70.1 Å². The molecule has 1 N–H and O–H groups in total. The summed E-state index contributed by atoms with van der Waals surface area (Å²) in [5, 5.41) is 13.3. The summed E-state index contributed by atoms with van der Waals surface area (Å²) in [6.07, 6.45) is 5.18. The van der Waals surface area contributed by atoms with Crippen molar-refractivity contribution in [3.63, 3.8) is 0 Å². The summed E-state index contributed by atoms with van der Waals surface area (Å²) in [5.74, 6) is -0.367. The Morgan fingerprint density at radius 2 is 2.00 bits per heavy atom. The molecule has 8 heteroatoms. The highest BCUT2D eigenvalue weighted by Crippen LogP contribution is 2.24. The zero-order valence-electron chi connectivity index (χ0n) is 11.2. The molecule has 110 valence electrons. The molecule has 0 saturated carbocycles. The zero-order valence-corrected chi connectivity index (χ0v) is 12.0. The molecule has 2 aromatic heterocycles. The lowest BCUT2D eigenvalue weighted by molar-refractivity contribution is -0.380. The summed E-state index contributed by atoms with van der Waals surface area (Å²) >= 11 is 0.846. The molecule has 0 saturated heterocycles. The van der Waals surface area contributed by atoms with Crippen molar-refractivity contribution in [1.29, 1.82) is 0 Å². The molecule has 0 radical (unpaired) electrons. The van der Waals surface area contributed by atoms with Crippen LogP contribution in [0.25, 0.3) is 5.69 Å². The second-order valence-corrected chi connectivity index (χ2v) is 5.43. The fraction of sp³-hybridized carbons (Fsp3) is 0. The van der Waals surface area contributed by atoms with Gasteiger partial charge in [-0.3, -0.25) is 14.9 Å². The molecule has 0 fully saturated rings. The molecule has 7 nitrogen and oxygen atoms in total. The highest BCUT2D eigenvalue weighted by molar-refractivity contribution is 7.17. The first kappa shape index (κ1) is 14.0. The number of nitrogens with zero attached hydrogens (tertiary/aromatic N) is 3. The lowest BCUT2D eigenvalue weighted by Gasteiger charge is -2.06. The third-order valence-corrected chi connectivity index (χ3v) is 3.96. The molecule has 22 heavy (non-hydrogen) atoms. The molecule has 0 unspecified atom stereocenters. The Balaban J connectivity index is 1.72. The maximum atomic E-state index is 12.0. The molecule has 1 aromatic carbocycles. The second-order valence-electron chi connectivity index (χ2n) is 4.37. The van der Waals surface area contributed by atoms with E-state index in [1.54, 1.807) is 24.7 Å². The third kappa shape index (κ3) is 2.86. The fourth-order valence-electron chi connectivity index (χ4n) is 1.87. The van der Waals surface area contributed by atoms with Crippen LogP contribution in [0.2, 0.25) is 0 Å². The zero-order chi connectivity index (χ0) is 15.5. The van der Waals surface area contributed by atoms with E-state index < -0.39 is 4.92 Å². The van der Waals surface area contributed by atoms with Gasteiger partial charge in [0.2, 0.25) is 0 Å². The minimum atomic E-state index is -0.513. The number of hydrogen-bond donors (Lipinski definition) is 1. The molecule has 0 atom stereocenters. The number of aromatic nitrogens is 2. The number of carbonyl (C=O) groups is 1. The van der Waals surface area contributed by atoms with Crippen molar-refractivity contribution < 1.29 is 9.72 Å². The van der Waals surface area contributed by atoms with Crippen LogP contribution in [0, 0.1) is 10.1 Å². The van der Waals surface area contributed by atoms with E-state index in [0.717, 1.165) is 17.0 Å². The molecule has 3 aromatic rings. The van der Waals surface area contributed by atoms with Gasteiger partial charge in [0.05, 0.1) is 16.1 Å². The Morgan fingerprint density at radius 1 is 1.23 bits per heavy atom. The molecule has 2 heterocycles. The first-order chi connectivity index (χ1) is 10.6. The Labute approximate surface area is 129 Å². The van der Waals surface area contributed by atoms with E-state index in [1.165, 1.54) is 12.1 Å². The van der Waals surface area contributed by atoms with Crippen molar-refractivity contribution >= 4 is 27.9 Å². The highest BCUT2D eigenvalue weighted by Gasteiger charge is 2.15. The Kier molecular flexibility index (Phi) is 3.67. The fourth-order valence-corrected chi connectivity index (χ4v) is 2.59. The Bertz CT molecular complexity index is 809. The quantitative estimate of drug-likeness (QED) is 0.592. The van der Waals surface area contributed by atoms with E-state index in [4.69, 9.17) is 0 Å². The van der Waals surface area contributed by atoms with Crippen molar-refractivity contribution in [2.24, 2.45) is 0 Å². The molecular weight excluding hydrogens is 304 g/mol. The number of hydrogen-bond acceptors (Lipinski definition) is 5. The van der Waals surface area contributed by atoms with Gasteiger partial charge in [0.15, 0.2) is 0 Å². The average molecular weight is 314 g/mol. The van der Waals surface area contributed by atoms with E-state index in [1.807, 2.05) is 22.9 Å². The van der Waals surface area contributed by atoms with Crippen LogP contribution in [0.1, 0.15) is 9.67 Å². The summed E-state index contributed by atoms with van der Waals surface area (Å²) in [6, 6.07) is 9.96. The van der Waals surface area contributed by atoms with Crippen molar-refractivity contribution in [3.8, 4) is 5.69 Å². The molecule has 0 aliphatic heterocycles. The van der Waals surface area contributed by atoms with Crippen LogP contribution >= 0.6 is 11.3 Å². The number of amides is 1. The number of anilines is 1. The van der Waals surface area contributed by atoms with E-state index >= 15 is 0 Å². The molecular formula is C14H10N4O3S. The van der Waals surface area contributed by atoms with E-state index in [0.29, 0.717) is 10.6 Å². The van der Waals surface area contributed by atoms with Gasteiger partial charge in [-0.25, -0.2) is 4.98 Å². The monoisotopic (exact) mass is 314 g/mol. The van der Waals surface area contributed by atoms with Crippen molar-refractivity contribution in [2.75, 3.05) is 5.32 Å². The average Bonchev–Trinajstić information content (AvgIpc) is 3.20. The normalized spacial score (nSPS) is 10.4. The minimum absolute atomic E-state index is 0.0550. The number of imidazole rings is 1. The Hall–Kier alpha value is -3.00. The molecule has 0 aliphatic rings. The first-order valence-electron chi connectivity index (χ1n) is 6.27. The van der Waals surface area contributed by atoms with Gasteiger partial charge in [0.1, 0.15) is 0 Å². The molecule has 1 amide bonds. The summed E-state index contributed by atoms with van der Waals surface area (Å²) in [6.45, 7) is 0. The second kappa shape index (κ2) is 5.78. The first-order valence-corrected chi connectivity index (χ1v) is 7.09. The largest absolute Gasteiger partial charge is 0.324 e. The molecule has 3 rings (SSSR count). The summed E-state index contributed by atoms with van der Waals surface area (Å²) in [7, 11) is 0. The maximum absolute atomic E-state index is 12.0. The van der Waals surface area contributed by atoms with E-state index in [-0.39, 0.29) is 10.9 Å².